The van der Waals surface area contributed by atoms with Gasteiger partial charge in [-0.05, 0) is 37.5 Å². The summed E-state index contributed by atoms with van der Waals surface area (Å²) in [4.78, 5) is 2.76. The average Bonchev–Trinajstić information content (AvgIpc) is 2.86. The molecule has 0 aromatic rings. The monoisotopic (exact) mass is 238 g/mol. The Morgan fingerprint density at radius 1 is 1.24 bits per heavy atom. The molecule has 0 aromatic heterocycles. The molecular weight excluding hydrogens is 208 g/mol. The zero-order valence-electron chi connectivity index (χ0n) is 12.3. The van der Waals surface area contributed by atoms with Crippen LogP contribution in [0, 0.1) is 11.3 Å². The molecule has 1 heterocycles. The molecule has 100 valence electrons. The summed E-state index contributed by atoms with van der Waals surface area (Å²) in [5, 5.41) is 3.75. The van der Waals surface area contributed by atoms with Crippen molar-refractivity contribution in [3.8, 4) is 0 Å². The van der Waals surface area contributed by atoms with E-state index < -0.39 is 0 Å². The second-order valence-corrected chi connectivity index (χ2v) is 7.18. The van der Waals surface area contributed by atoms with Crippen molar-refractivity contribution < 1.29 is 0 Å². The Morgan fingerprint density at radius 3 is 2.35 bits per heavy atom. The third kappa shape index (κ3) is 2.85. The van der Waals surface area contributed by atoms with Crippen LogP contribution in [0.1, 0.15) is 53.9 Å². The molecule has 0 spiro atoms. The Balaban J connectivity index is 1.96. The van der Waals surface area contributed by atoms with Gasteiger partial charge in [-0.15, -0.1) is 0 Å². The molecule has 1 aliphatic heterocycles. The smallest absolute Gasteiger partial charge is 0.0278 e. The highest BCUT2D eigenvalue weighted by Gasteiger charge is 2.47. The first-order chi connectivity index (χ1) is 7.90. The Kier molecular flexibility index (Phi) is 3.57. The minimum absolute atomic E-state index is 0.338. The van der Waals surface area contributed by atoms with E-state index in [-0.39, 0.29) is 0 Å². The maximum atomic E-state index is 3.75. The van der Waals surface area contributed by atoms with Gasteiger partial charge in [0.15, 0.2) is 0 Å². The van der Waals surface area contributed by atoms with Crippen molar-refractivity contribution in [1.29, 1.82) is 0 Å². The fourth-order valence-electron chi connectivity index (χ4n) is 3.15. The lowest BCUT2D eigenvalue weighted by atomic mass is 9.92. The minimum Gasteiger partial charge on any atom is -0.309 e. The molecule has 1 saturated heterocycles. The van der Waals surface area contributed by atoms with Crippen molar-refractivity contribution in [3.05, 3.63) is 0 Å². The van der Waals surface area contributed by atoms with Gasteiger partial charge in [0, 0.05) is 31.2 Å². The molecule has 2 fully saturated rings. The van der Waals surface area contributed by atoms with Crippen LogP contribution in [-0.4, -0.2) is 36.1 Å². The van der Waals surface area contributed by atoms with Crippen molar-refractivity contribution >= 4 is 0 Å². The standard InChI is InChI=1S/C15H30N2/c1-6-13-9-16-15(5,7-2)11-17(13)10-12-8-14(12,3)4/h12-13,16H,6-11H2,1-5H3. The average molecular weight is 238 g/mol. The van der Waals surface area contributed by atoms with Crippen LogP contribution in [0.3, 0.4) is 0 Å². The first-order valence-corrected chi connectivity index (χ1v) is 7.39. The fraction of sp³-hybridized carbons (Fsp3) is 1.00. The van der Waals surface area contributed by atoms with E-state index in [0.29, 0.717) is 11.0 Å². The second kappa shape index (κ2) is 4.55. The largest absolute Gasteiger partial charge is 0.309 e. The van der Waals surface area contributed by atoms with Gasteiger partial charge in [-0.25, -0.2) is 0 Å². The van der Waals surface area contributed by atoms with E-state index in [9.17, 15) is 0 Å². The number of piperazine rings is 1. The third-order valence-corrected chi connectivity index (χ3v) is 5.26. The van der Waals surface area contributed by atoms with Crippen molar-refractivity contribution in [1.82, 2.24) is 10.2 Å². The van der Waals surface area contributed by atoms with E-state index in [1.165, 1.54) is 38.9 Å². The zero-order valence-corrected chi connectivity index (χ0v) is 12.3. The number of hydrogen-bond acceptors (Lipinski definition) is 2. The molecule has 2 aliphatic rings. The predicted octanol–water partition coefficient (Wildman–Crippen LogP) is 2.89. The van der Waals surface area contributed by atoms with E-state index in [2.05, 4.69) is 44.8 Å². The molecule has 2 rings (SSSR count). The normalized spacial score (nSPS) is 41.5. The van der Waals surface area contributed by atoms with Crippen LogP contribution < -0.4 is 5.32 Å². The summed E-state index contributed by atoms with van der Waals surface area (Å²) in [5.74, 6) is 0.941. The van der Waals surface area contributed by atoms with E-state index in [4.69, 9.17) is 0 Å². The molecule has 0 amide bonds. The summed E-state index contributed by atoms with van der Waals surface area (Å²) >= 11 is 0. The highest BCUT2D eigenvalue weighted by molar-refractivity contribution is 5.01. The van der Waals surface area contributed by atoms with E-state index in [1.807, 2.05) is 0 Å². The molecule has 1 N–H and O–H groups in total. The quantitative estimate of drug-likeness (QED) is 0.810. The van der Waals surface area contributed by atoms with Crippen molar-refractivity contribution in [2.75, 3.05) is 19.6 Å². The van der Waals surface area contributed by atoms with Gasteiger partial charge in [-0.1, -0.05) is 27.7 Å². The van der Waals surface area contributed by atoms with Gasteiger partial charge in [-0.2, -0.15) is 0 Å². The van der Waals surface area contributed by atoms with Gasteiger partial charge >= 0.3 is 0 Å². The van der Waals surface area contributed by atoms with E-state index in [0.717, 1.165) is 12.0 Å². The molecule has 2 nitrogen and oxygen atoms in total. The topological polar surface area (TPSA) is 15.3 Å². The van der Waals surface area contributed by atoms with Gasteiger partial charge in [0.25, 0.3) is 0 Å². The minimum atomic E-state index is 0.338. The summed E-state index contributed by atoms with van der Waals surface area (Å²) in [5.41, 5.74) is 0.955. The van der Waals surface area contributed by atoms with Crippen LogP contribution in [0.5, 0.6) is 0 Å². The molecule has 2 heteroatoms. The number of nitrogens with zero attached hydrogens (tertiary/aromatic N) is 1. The highest BCUT2D eigenvalue weighted by Crippen LogP contribution is 2.52. The second-order valence-electron chi connectivity index (χ2n) is 7.18. The summed E-state index contributed by atoms with van der Waals surface area (Å²) in [7, 11) is 0. The molecular formula is C15H30N2. The van der Waals surface area contributed by atoms with Crippen LogP contribution >= 0.6 is 0 Å². The molecule has 3 atom stereocenters. The highest BCUT2D eigenvalue weighted by atomic mass is 15.3. The molecule has 3 unspecified atom stereocenters. The fourth-order valence-corrected chi connectivity index (χ4v) is 3.15. The van der Waals surface area contributed by atoms with E-state index >= 15 is 0 Å². The Labute approximate surface area is 107 Å². The van der Waals surface area contributed by atoms with Crippen LogP contribution in [0.2, 0.25) is 0 Å². The molecule has 1 saturated carbocycles. The van der Waals surface area contributed by atoms with Crippen LogP contribution in [0.25, 0.3) is 0 Å². The first kappa shape index (κ1) is 13.4. The lowest BCUT2D eigenvalue weighted by Crippen LogP contribution is -2.62. The van der Waals surface area contributed by atoms with Crippen LogP contribution in [0.4, 0.5) is 0 Å². The van der Waals surface area contributed by atoms with Crippen molar-refractivity contribution in [2.45, 2.75) is 65.5 Å². The van der Waals surface area contributed by atoms with Crippen LogP contribution in [-0.2, 0) is 0 Å². The Hall–Kier alpha value is -0.0800. The van der Waals surface area contributed by atoms with Crippen molar-refractivity contribution in [2.24, 2.45) is 11.3 Å². The predicted molar refractivity (Wildman–Crippen MR) is 74.2 cm³/mol. The number of rotatable bonds is 4. The molecule has 1 aliphatic carbocycles. The van der Waals surface area contributed by atoms with Crippen molar-refractivity contribution in [3.63, 3.8) is 0 Å². The summed E-state index contributed by atoms with van der Waals surface area (Å²) in [6, 6.07) is 0.756. The maximum Gasteiger partial charge on any atom is 0.0278 e. The summed E-state index contributed by atoms with van der Waals surface area (Å²) in [6.07, 6.45) is 3.93. The third-order valence-electron chi connectivity index (χ3n) is 5.26. The van der Waals surface area contributed by atoms with Gasteiger partial charge in [0.2, 0.25) is 0 Å². The molecule has 0 aromatic carbocycles. The van der Waals surface area contributed by atoms with Gasteiger partial charge in [0.05, 0.1) is 0 Å². The first-order valence-electron chi connectivity index (χ1n) is 7.39. The Morgan fingerprint density at radius 2 is 1.88 bits per heavy atom. The Bertz CT molecular complexity index is 274. The van der Waals surface area contributed by atoms with E-state index in [1.54, 1.807) is 0 Å². The molecule has 0 bridgehead atoms. The van der Waals surface area contributed by atoms with Crippen LogP contribution in [0.15, 0.2) is 0 Å². The molecule has 0 radical (unpaired) electrons. The SMILES string of the molecule is CCC1CNC(C)(CC)CN1CC1CC1(C)C. The number of nitrogens with one attached hydrogen (secondary N) is 1. The summed E-state index contributed by atoms with van der Waals surface area (Å²) in [6.45, 7) is 15.6. The summed E-state index contributed by atoms with van der Waals surface area (Å²) < 4.78 is 0. The molecule has 17 heavy (non-hydrogen) atoms. The van der Waals surface area contributed by atoms with Gasteiger partial charge in [-0.3, -0.25) is 4.90 Å². The van der Waals surface area contributed by atoms with Gasteiger partial charge < -0.3 is 5.32 Å². The lowest BCUT2D eigenvalue weighted by molar-refractivity contribution is 0.0747. The zero-order chi connectivity index (χ0) is 12.7. The van der Waals surface area contributed by atoms with Gasteiger partial charge in [0.1, 0.15) is 0 Å². The lowest BCUT2D eigenvalue weighted by Gasteiger charge is -2.46. The number of hydrogen-bond donors (Lipinski definition) is 1. The maximum absolute atomic E-state index is 3.75.